The molecule has 1 unspecified atom stereocenters. The lowest BCUT2D eigenvalue weighted by atomic mass is 9.87. The lowest BCUT2D eigenvalue weighted by Crippen LogP contribution is -2.06. The number of alkyl halides is 3. The second-order valence-electron chi connectivity index (χ2n) is 7.21. The number of allylic oxidation sites excluding steroid dienone is 2. The van der Waals surface area contributed by atoms with Crippen molar-refractivity contribution in [3.05, 3.63) is 58.4 Å². The van der Waals surface area contributed by atoms with Gasteiger partial charge in [0.05, 0.1) is 11.4 Å². The van der Waals surface area contributed by atoms with Crippen LogP contribution in [0.3, 0.4) is 0 Å². The maximum Gasteiger partial charge on any atom is 0.458 e. The Morgan fingerprint density at radius 3 is 2.50 bits per heavy atom. The van der Waals surface area contributed by atoms with E-state index in [1.807, 2.05) is 6.92 Å². The van der Waals surface area contributed by atoms with E-state index in [0.717, 1.165) is 29.5 Å². The van der Waals surface area contributed by atoms with Crippen LogP contribution in [0.25, 0.3) is 10.8 Å². The van der Waals surface area contributed by atoms with Crippen LogP contribution in [0, 0.1) is 29.4 Å². The number of rotatable bonds is 3. The quantitative estimate of drug-likeness (QED) is 0.387. The second-order valence-corrected chi connectivity index (χ2v) is 7.21. The van der Waals surface area contributed by atoms with Gasteiger partial charge in [-0.1, -0.05) is 31.0 Å². The molecule has 0 nitrogen and oxygen atoms in total. The summed E-state index contributed by atoms with van der Waals surface area (Å²) >= 11 is 0. The molecule has 0 heterocycles. The first-order chi connectivity index (χ1) is 13.1. The van der Waals surface area contributed by atoms with Gasteiger partial charge < -0.3 is 0 Å². The average molecular weight is 396 g/mol. The minimum absolute atomic E-state index is 0.00601. The zero-order chi connectivity index (χ0) is 20.5. The van der Waals surface area contributed by atoms with Gasteiger partial charge in [0.15, 0.2) is 0 Å². The van der Waals surface area contributed by atoms with Crippen molar-refractivity contribution < 1.29 is 26.3 Å². The third-order valence-electron chi connectivity index (χ3n) is 4.99. The highest BCUT2D eigenvalue weighted by molar-refractivity contribution is 5.85. The van der Waals surface area contributed by atoms with Crippen molar-refractivity contribution in [1.29, 1.82) is 0 Å². The van der Waals surface area contributed by atoms with E-state index in [9.17, 15) is 26.3 Å². The Labute approximate surface area is 159 Å². The number of benzene rings is 2. The topological polar surface area (TPSA) is 0 Å². The predicted molar refractivity (Wildman–Crippen MR) is 96.3 cm³/mol. The molecule has 0 aliphatic heterocycles. The zero-order valence-electron chi connectivity index (χ0n) is 15.2. The van der Waals surface area contributed by atoms with Crippen molar-refractivity contribution in [2.45, 2.75) is 45.2 Å². The van der Waals surface area contributed by atoms with Gasteiger partial charge in [-0.3, -0.25) is 0 Å². The summed E-state index contributed by atoms with van der Waals surface area (Å²) in [6, 6.07) is 5.57. The Hall–Kier alpha value is -2.42. The number of hydrogen-bond acceptors (Lipinski definition) is 0. The molecule has 1 aliphatic rings. The minimum Gasteiger partial charge on any atom is -0.212 e. The van der Waals surface area contributed by atoms with E-state index in [1.165, 1.54) is 12.0 Å². The third kappa shape index (κ3) is 4.70. The maximum atomic E-state index is 14.4. The van der Waals surface area contributed by atoms with E-state index in [-0.39, 0.29) is 16.6 Å². The molecule has 0 N–H and O–H groups in total. The molecular weight excluding hydrogens is 378 g/mol. The Morgan fingerprint density at radius 2 is 1.82 bits per heavy atom. The summed E-state index contributed by atoms with van der Waals surface area (Å²) in [7, 11) is 0. The molecule has 1 aliphatic carbocycles. The van der Waals surface area contributed by atoms with Crippen molar-refractivity contribution in [2.75, 3.05) is 0 Å². The summed E-state index contributed by atoms with van der Waals surface area (Å²) in [5.74, 6) is 0.432. The molecule has 0 fully saturated rings. The molecule has 0 aromatic heterocycles. The predicted octanol–water partition coefficient (Wildman–Crippen LogP) is 7.01. The summed E-state index contributed by atoms with van der Waals surface area (Å²) in [5.41, 5.74) is 0.661. The van der Waals surface area contributed by atoms with Gasteiger partial charge in [-0.15, -0.1) is 0 Å². The third-order valence-corrected chi connectivity index (χ3v) is 4.99. The van der Waals surface area contributed by atoms with E-state index in [2.05, 4.69) is 0 Å². The summed E-state index contributed by atoms with van der Waals surface area (Å²) in [5, 5.41) is 0.227. The maximum absolute atomic E-state index is 14.4. The largest absolute Gasteiger partial charge is 0.458 e. The van der Waals surface area contributed by atoms with Gasteiger partial charge in [0.25, 0.3) is 0 Å². The van der Waals surface area contributed by atoms with Crippen LogP contribution < -0.4 is 0 Å². The van der Waals surface area contributed by atoms with Gasteiger partial charge in [-0.2, -0.15) is 13.2 Å². The average Bonchev–Trinajstić information content (AvgIpc) is 2.59. The molecule has 2 aromatic carbocycles. The Bertz CT molecular complexity index is 988. The van der Waals surface area contributed by atoms with E-state index in [4.69, 9.17) is 0 Å². The van der Waals surface area contributed by atoms with Gasteiger partial charge in [-0.25, -0.2) is 13.2 Å². The standard InChI is InChI=1S/C22H18F6/c1-13-2-5-15(19(23)10-13)6-3-14-4-7-17-16(11-14)12-20(24)18(21(17)25)8-9-22(26,27)28/h4,7,11-13H,2-3,5-6,10H2,1H3. The number of halogens is 6. The van der Waals surface area contributed by atoms with E-state index in [1.54, 1.807) is 12.1 Å². The van der Waals surface area contributed by atoms with Crippen LogP contribution in [-0.2, 0) is 6.42 Å². The number of fused-ring (bicyclic) bond motifs is 1. The second kappa shape index (κ2) is 7.90. The number of hydrogen-bond donors (Lipinski definition) is 0. The van der Waals surface area contributed by atoms with Gasteiger partial charge in [0.1, 0.15) is 11.6 Å². The normalized spacial score (nSPS) is 17.6. The van der Waals surface area contributed by atoms with E-state index in [0.29, 0.717) is 31.6 Å². The van der Waals surface area contributed by atoms with Crippen molar-refractivity contribution in [1.82, 2.24) is 0 Å². The fraction of sp³-hybridized carbons (Fsp3) is 0.364. The lowest BCUT2D eigenvalue weighted by Gasteiger charge is -2.20. The molecule has 1 atom stereocenters. The Kier molecular flexibility index (Phi) is 5.74. The first-order valence-electron chi connectivity index (χ1n) is 9.01. The van der Waals surface area contributed by atoms with Crippen LogP contribution in [0.1, 0.15) is 43.7 Å². The molecule has 0 amide bonds. The minimum atomic E-state index is -4.83. The Balaban J connectivity index is 1.86. The monoisotopic (exact) mass is 396 g/mol. The van der Waals surface area contributed by atoms with Gasteiger partial charge in [0, 0.05) is 17.7 Å². The molecule has 0 saturated heterocycles. The van der Waals surface area contributed by atoms with Gasteiger partial charge in [0.2, 0.25) is 0 Å². The van der Waals surface area contributed by atoms with Crippen LogP contribution in [0.4, 0.5) is 26.3 Å². The van der Waals surface area contributed by atoms with Crippen LogP contribution in [0.2, 0.25) is 0 Å². The smallest absolute Gasteiger partial charge is 0.212 e. The summed E-state index contributed by atoms with van der Waals surface area (Å²) in [4.78, 5) is 0. The van der Waals surface area contributed by atoms with Crippen molar-refractivity contribution in [3.63, 3.8) is 0 Å². The molecule has 0 saturated carbocycles. The van der Waals surface area contributed by atoms with Crippen LogP contribution >= 0.6 is 0 Å². The molecule has 2 aromatic rings. The molecule has 3 rings (SSSR count). The molecule has 148 valence electrons. The van der Waals surface area contributed by atoms with Crippen LogP contribution in [0.5, 0.6) is 0 Å². The highest BCUT2D eigenvalue weighted by atomic mass is 19.4. The van der Waals surface area contributed by atoms with Crippen LogP contribution in [-0.4, -0.2) is 6.18 Å². The van der Waals surface area contributed by atoms with Crippen LogP contribution in [0.15, 0.2) is 35.7 Å². The molecule has 6 heteroatoms. The molecule has 28 heavy (non-hydrogen) atoms. The van der Waals surface area contributed by atoms with Crippen molar-refractivity contribution in [2.24, 2.45) is 5.92 Å². The molecule has 0 radical (unpaired) electrons. The van der Waals surface area contributed by atoms with Crippen molar-refractivity contribution in [3.8, 4) is 11.8 Å². The Morgan fingerprint density at radius 1 is 1.07 bits per heavy atom. The van der Waals surface area contributed by atoms with E-state index < -0.39 is 23.4 Å². The molecule has 0 bridgehead atoms. The fourth-order valence-electron chi connectivity index (χ4n) is 3.45. The first-order valence-corrected chi connectivity index (χ1v) is 9.01. The molecule has 0 spiro atoms. The summed E-state index contributed by atoms with van der Waals surface area (Å²) in [6.07, 6.45) is -1.68. The SMILES string of the molecule is CC1CCC(CCc2ccc3c(F)c(C#CC(F)(F)F)c(F)cc3c2)=C(F)C1. The lowest BCUT2D eigenvalue weighted by molar-refractivity contribution is -0.0696. The highest BCUT2D eigenvalue weighted by Crippen LogP contribution is 2.33. The van der Waals surface area contributed by atoms with Gasteiger partial charge in [-0.05, 0) is 54.2 Å². The van der Waals surface area contributed by atoms with Gasteiger partial charge >= 0.3 is 6.18 Å². The first kappa shape index (κ1) is 20.3. The fourth-order valence-corrected chi connectivity index (χ4v) is 3.45. The zero-order valence-corrected chi connectivity index (χ0v) is 15.2. The summed E-state index contributed by atoms with van der Waals surface area (Å²) < 4.78 is 79.2. The number of aryl methyl sites for hydroxylation is 1. The highest BCUT2D eigenvalue weighted by Gasteiger charge is 2.24. The summed E-state index contributed by atoms with van der Waals surface area (Å²) in [6.45, 7) is 2.01. The van der Waals surface area contributed by atoms with Crippen molar-refractivity contribution >= 4 is 10.8 Å². The van der Waals surface area contributed by atoms with E-state index >= 15 is 0 Å². The molecular formula is C22H18F6.